The molecule has 0 aliphatic rings. The highest BCUT2D eigenvalue weighted by Crippen LogP contribution is 2.25. The molecule has 0 aliphatic heterocycles. The zero-order valence-corrected chi connectivity index (χ0v) is 14.5. The number of aromatic nitrogens is 4. The molecule has 0 fully saturated rings. The number of nitrogens with zero attached hydrogens (tertiary/aromatic N) is 4. The first-order valence-electron chi connectivity index (χ1n) is 8.41. The minimum absolute atomic E-state index is 0.509. The van der Waals surface area contributed by atoms with E-state index in [1.807, 2.05) is 65.2 Å². The molecule has 3 aromatic heterocycles. The van der Waals surface area contributed by atoms with Crippen LogP contribution in [0.3, 0.4) is 0 Å². The quantitative estimate of drug-likeness (QED) is 0.517. The minimum atomic E-state index is 0.509. The molecule has 0 amide bonds. The Morgan fingerprint density at radius 2 is 1.93 bits per heavy atom. The second-order valence-electron chi connectivity index (χ2n) is 6.00. The first-order chi connectivity index (χ1) is 13.3. The Morgan fingerprint density at radius 3 is 2.78 bits per heavy atom. The molecule has 0 unspecified atom stereocenters. The average Bonchev–Trinajstić information content (AvgIpc) is 3.33. The van der Waals surface area contributed by atoms with Crippen LogP contribution >= 0.6 is 0 Å². The van der Waals surface area contributed by atoms with Crippen molar-refractivity contribution in [3.63, 3.8) is 0 Å². The number of methoxy groups -OCH3 is 1. The maximum absolute atomic E-state index is 5.34. The SMILES string of the molecule is COc1ccc(-c2cccc3nc(Nc4ccc5ncoc5c4)nn23)cc1. The van der Waals surface area contributed by atoms with Gasteiger partial charge in [-0.2, -0.15) is 4.98 Å². The number of pyridine rings is 1. The molecule has 0 saturated carbocycles. The number of hydrogen-bond acceptors (Lipinski definition) is 6. The molecule has 0 atom stereocenters. The summed E-state index contributed by atoms with van der Waals surface area (Å²) >= 11 is 0. The molecule has 1 N–H and O–H groups in total. The smallest absolute Gasteiger partial charge is 0.247 e. The molecule has 5 rings (SSSR count). The summed E-state index contributed by atoms with van der Waals surface area (Å²) in [6, 6.07) is 19.4. The van der Waals surface area contributed by atoms with Crippen LogP contribution in [0.1, 0.15) is 0 Å². The molecule has 0 bridgehead atoms. The number of ether oxygens (including phenoxy) is 1. The third kappa shape index (κ3) is 2.75. The second kappa shape index (κ2) is 6.14. The fraction of sp³-hybridized carbons (Fsp3) is 0.0500. The molecule has 0 aliphatic carbocycles. The Labute approximate surface area is 154 Å². The van der Waals surface area contributed by atoms with Crippen molar-refractivity contribution in [1.82, 2.24) is 19.6 Å². The van der Waals surface area contributed by atoms with E-state index < -0.39 is 0 Å². The number of fused-ring (bicyclic) bond motifs is 2. The van der Waals surface area contributed by atoms with Crippen LogP contribution in [0.4, 0.5) is 11.6 Å². The molecule has 27 heavy (non-hydrogen) atoms. The summed E-state index contributed by atoms with van der Waals surface area (Å²) in [7, 11) is 1.65. The summed E-state index contributed by atoms with van der Waals surface area (Å²) in [6.07, 6.45) is 1.43. The predicted octanol–water partition coefficient (Wildman–Crippen LogP) is 4.29. The zero-order chi connectivity index (χ0) is 18.2. The number of nitrogens with one attached hydrogen (secondary N) is 1. The highest BCUT2D eigenvalue weighted by atomic mass is 16.5. The largest absolute Gasteiger partial charge is 0.497 e. The molecule has 0 radical (unpaired) electrons. The van der Waals surface area contributed by atoms with Crippen molar-refractivity contribution in [3.8, 4) is 17.0 Å². The van der Waals surface area contributed by atoms with Gasteiger partial charge in [0, 0.05) is 17.3 Å². The Balaban J connectivity index is 1.52. The Bertz CT molecular complexity index is 1240. The molecule has 7 nitrogen and oxygen atoms in total. The van der Waals surface area contributed by atoms with E-state index in [0.717, 1.165) is 33.9 Å². The van der Waals surface area contributed by atoms with Crippen molar-refractivity contribution in [2.45, 2.75) is 0 Å². The van der Waals surface area contributed by atoms with E-state index in [2.05, 4.69) is 20.4 Å². The second-order valence-corrected chi connectivity index (χ2v) is 6.00. The maximum atomic E-state index is 5.34. The Kier molecular flexibility index (Phi) is 3.50. The van der Waals surface area contributed by atoms with E-state index in [1.54, 1.807) is 7.11 Å². The molecular formula is C20H15N5O2. The van der Waals surface area contributed by atoms with Gasteiger partial charge in [-0.25, -0.2) is 9.50 Å². The summed E-state index contributed by atoms with van der Waals surface area (Å²) in [5, 5.41) is 7.83. The van der Waals surface area contributed by atoms with E-state index in [4.69, 9.17) is 9.15 Å². The molecular weight excluding hydrogens is 342 g/mol. The van der Waals surface area contributed by atoms with E-state index in [1.165, 1.54) is 6.39 Å². The number of hydrogen-bond donors (Lipinski definition) is 1. The van der Waals surface area contributed by atoms with E-state index in [0.29, 0.717) is 11.5 Å². The minimum Gasteiger partial charge on any atom is -0.497 e. The number of benzene rings is 2. The predicted molar refractivity (Wildman–Crippen MR) is 102 cm³/mol. The summed E-state index contributed by atoms with van der Waals surface area (Å²) in [4.78, 5) is 8.69. The van der Waals surface area contributed by atoms with Crippen LogP contribution in [0, 0.1) is 0 Å². The van der Waals surface area contributed by atoms with E-state index in [-0.39, 0.29) is 0 Å². The molecule has 2 aromatic carbocycles. The van der Waals surface area contributed by atoms with Crippen LogP contribution < -0.4 is 10.1 Å². The monoisotopic (exact) mass is 357 g/mol. The van der Waals surface area contributed by atoms with Crippen LogP contribution in [0.2, 0.25) is 0 Å². The number of rotatable bonds is 4. The fourth-order valence-corrected chi connectivity index (χ4v) is 3.00. The maximum Gasteiger partial charge on any atom is 0.247 e. The Morgan fingerprint density at radius 1 is 1.04 bits per heavy atom. The molecule has 0 saturated heterocycles. The van der Waals surface area contributed by atoms with Gasteiger partial charge in [0.15, 0.2) is 17.6 Å². The highest BCUT2D eigenvalue weighted by Gasteiger charge is 2.10. The van der Waals surface area contributed by atoms with Gasteiger partial charge in [-0.05, 0) is 48.5 Å². The van der Waals surface area contributed by atoms with Gasteiger partial charge >= 0.3 is 0 Å². The zero-order valence-electron chi connectivity index (χ0n) is 14.5. The summed E-state index contributed by atoms with van der Waals surface area (Å²) in [6.45, 7) is 0. The van der Waals surface area contributed by atoms with Gasteiger partial charge in [-0.15, -0.1) is 5.10 Å². The topological polar surface area (TPSA) is 77.5 Å². The molecule has 5 aromatic rings. The van der Waals surface area contributed by atoms with Crippen LogP contribution in [0.15, 0.2) is 71.5 Å². The average molecular weight is 357 g/mol. The van der Waals surface area contributed by atoms with Crippen molar-refractivity contribution in [2.24, 2.45) is 0 Å². The van der Waals surface area contributed by atoms with Crippen molar-refractivity contribution >= 4 is 28.4 Å². The molecule has 0 spiro atoms. The lowest BCUT2D eigenvalue weighted by Crippen LogP contribution is -1.95. The highest BCUT2D eigenvalue weighted by molar-refractivity contribution is 5.78. The van der Waals surface area contributed by atoms with Crippen LogP contribution in [-0.2, 0) is 0 Å². The standard InChI is InChI=1S/C20H15N5O2/c1-26-15-8-5-13(6-9-15)17-3-2-4-19-23-20(24-25(17)19)22-14-7-10-16-18(11-14)27-12-21-16/h2-12H,1H3,(H,22,24). The molecule has 132 valence electrons. The van der Waals surface area contributed by atoms with Crippen LogP contribution in [0.5, 0.6) is 5.75 Å². The lowest BCUT2D eigenvalue weighted by molar-refractivity contribution is 0.415. The van der Waals surface area contributed by atoms with Crippen LogP contribution in [-0.4, -0.2) is 26.7 Å². The number of anilines is 2. The summed E-state index contributed by atoms with van der Waals surface area (Å²) in [5.41, 5.74) is 5.09. The van der Waals surface area contributed by atoms with Gasteiger partial charge in [-0.3, -0.25) is 0 Å². The van der Waals surface area contributed by atoms with Gasteiger partial charge in [0.05, 0.1) is 12.8 Å². The van der Waals surface area contributed by atoms with Crippen molar-refractivity contribution < 1.29 is 9.15 Å². The summed E-state index contributed by atoms with van der Waals surface area (Å²) in [5.74, 6) is 1.32. The van der Waals surface area contributed by atoms with Gasteiger partial charge in [0.25, 0.3) is 0 Å². The van der Waals surface area contributed by atoms with Crippen molar-refractivity contribution in [3.05, 3.63) is 67.1 Å². The van der Waals surface area contributed by atoms with E-state index >= 15 is 0 Å². The third-order valence-electron chi connectivity index (χ3n) is 4.33. The number of oxazole rings is 1. The van der Waals surface area contributed by atoms with Gasteiger partial charge in [0.1, 0.15) is 11.3 Å². The van der Waals surface area contributed by atoms with Crippen LogP contribution in [0.25, 0.3) is 28.0 Å². The lowest BCUT2D eigenvalue weighted by atomic mass is 10.1. The normalized spacial score (nSPS) is 11.1. The first-order valence-corrected chi connectivity index (χ1v) is 8.41. The van der Waals surface area contributed by atoms with Crippen molar-refractivity contribution in [1.29, 1.82) is 0 Å². The third-order valence-corrected chi connectivity index (χ3v) is 4.33. The fourth-order valence-electron chi connectivity index (χ4n) is 3.00. The summed E-state index contributed by atoms with van der Waals surface area (Å²) < 4.78 is 12.4. The van der Waals surface area contributed by atoms with E-state index in [9.17, 15) is 0 Å². The Hall–Kier alpha value is -3.87. The molecule has 3 heterocycles. The molecule has 7 heteroatoms. The van der Waals surface area contributed by atoms with Gasteiger partial charge < -0.3 is 14.5 Å². The van der Waals surface area contributed by atoms with Gasteiger partial charge in [0.2, 0.25) is 5.95 Å². The van der Waals surface area contributed by atoms with Gasteiger partial charge in [-0.1, -0.05) is 6.07 Å². The van der Waals surface area contributed by atoms with Crippen molar-refractivity contribution in [2.75, 3.05) is 12.4 Å². The first kappa shape index (κ1) is 15.4. The lowest BCUT2D eigenvalue weighted by Gasteiger charge is -2.05.